The highest BCUT2D eigenvalue weighted by atomic mass is 32.2. The van der Waals surface area contributed by atoms with Gasteiger partial charge in [-0.2, -0.15) is 0 Å². The number of sulfone groups is 1. The van der Waals surface area contributed by atoms with Gasteiger partial charge in [-0.15, -0.1) is 0 Å². The van der Waals surface area contributed by atoms with E-state index in [2.05, 4.69) is 0 Å². The average molecular weight is 302 g/mol. The topological polar surface area (TPSA) is 54.4 Å². The van der Waals surface area contributed by atoms with Crippen LogP contribution in [0.15, 0.2) is 59.0 Å². The summed E-state index contributed by atoms with van der Waals surface area (Å²) in [4.78, 5) is 0.298. The summed E-state index contributed by atoms with van der Waals surface area (Å²) in [7, 11) is -3.58. The summed E-state index contributed by atoms with van der Waals surface area (Å²) in [6.45, 7) is 0. The summed E-state index contributed by atoms with van der Waals surface area (Å²) in [5, 5.41) is 10.1. The highest BCUT2D eigenvalue weighted by Crippen LogP contribution is 2.59. The van der Waals surface area contributed by atoms with E-state index in [1.54, 1.807) is 36.4 Å². The summed E-state index contributed by atoms with van der Waals surface area (Å²) in [5.74, 6) is 0. The minimum atomic E-state index is -3.58. The number of aliphatic hydroxyl groups is 1. The molecule has 1 aromatic carbocycles. The number of hydrogen-bond donors (Lipinski definition) is 1. The van der Waals surface area contributed by atoms with Crippen LogP contribution in [0.3, 0.4) is 0 Å². The Labute approximate surface area is 124 Å². The molecular weight excluding hydrogens is 284 g/mol. The van der Waals surface area contributed by atoms with Crippen molar-refractivity contribution in [2.75, 3.05) is 0 Å². The summed E-state index contributed by atoms with van der Waals surface area (Å²) in [6.07, 6.45) is 9.08. The quantitative estimate of drug-likeness (QED) is 0.855. The maximum Gasteiger partial charge on any atom is 0.188 e. The van der Waals surface area contributed by atoms with Crippen LogP contribution in [0.4, 0.5) is 0 Å². The first-order chi connectivity index (χ1) is 9.98. The fourth-order valence-electron chi connectivity index (χ4n) is 4.21. The Morgan fingerprint density at radius 3 is 2.48 bits per heavy atom. The molecular formula is C17H18O3S. The molecule has 1 spiro atoms. The second-order valence-electron chi connectivity index (χ2n) is 6.42. The Balaban J connectivity index is 1.91. The van der Waals surface area contributed by atoms with Gasteiger partial charge in [0.1, 0.15) is 10.9 Å². The van der Waals surface area contributed by atoms with Gasteiger partial charge in [0.25, 0.3) is 0 Å². The van der Waals surface area contributed by atoms with E-state index < -0.39 is 20.7 Å². The number of fused-ring (bicyclic) bond motifs is 1. The zero-order valence-electron chi connectivity index (χ0n) is 11.7. The van der Waals surface area contributed by atoms with Crippen LogP contribution in [0.5, 0.6) is 0 Å². The molecule has 1 saturated carbocycles. The Kier molecular flexibility index (Phi) is 2.58. The Morgan fingerprint density at radius 1 is 1.05 bits per heavy atom. The Bertz CT molecular complexity index is 747. The molecule has 5 rings (SSSR count). The van der Waals surface area contributed by atoms with Crippen molar-refractivity contribution in [2.24, 2.45) is 5.41 Å². The fraction of sp³-hybridized carbons (Fsp3) is 0.412. The molecule has 1 fully saturated rings. The van der Waals surface area contributed by atoms with Crippen LogP contribution in [0.2, 0.25) is 0 Å². The molecule has 4 heteroatoms. The predicted octanol–water partition coefficient (Wildman–Crippen LogP) is 2.63. The number of rotatable bonds is 2. The Hall–Kier alpha value is -1.39. The maximum absolute atomic E-state index is 13.1. The van der Waals surface area contributed by atoms with Gasteiger partial charge >= 0.3 is 0 Å². The van der Waals surface area contributed by atoms with Crippen molar-refractivity contribution in [3.63, 3.8) is 0 Å². The molecule has 110 valence electrons. The van der Waals surface area contributed by atoms with E-state index in [1.165, 1.54) is 0 Å². The van der Waals surface area contributed by atoms with Crippen LogP contribution in [-0.2, 0) is 9.84 Å². The normalized spacial score (nSPS) is 37.4. The molecule has 3 atom stereocenters. The van der Waals surface area contributed by atoms with E-state index >= 15 is 0 Å². The summed E-state index contributed by atoms with van der Waals surface area (Å²) >= 11 is 0. The van der Waals surface area contributed by atoms with Gasteiger partial charge in [-0.1, -0.05) is 36.4 Å². The van der Waals surface area contributed by atoms with E-state index in [1.807, 2.05) is 12.2 Å². The van der Waals surface area contributed by atoms with Gasteiger partial charge in [-0.3, -0.25) is 0 Å². The standard InChI is InChI=1S/C17H18O3S/c18-17-11-9-16(10-12-17)8-4-7-14(16)15(17)21(19,20)13-5-2-1-3-6-13/h1-3,5-7,9,11,15,18H,4,8,10,12H2/t15?,16-,17-/m1/s1. The predicted molar refractivity (Wildman–Crippen MR) is 80.5 cm³/mol. The molecule has 0 aliphatic heterocycles. The molecule has 0 amide bonds. The first-order valence-corrected chi connectivity index (χ1v) is 8.95. The van der Waals surface area contributed by atoms with Crippen LogP contribution >= 0.6 is 0 Å². The zero-order chi connectivity index (χ0) is 14.7. The average Bonchev–Trinajstić information content (AvgIpc) is 2.90. The van der Waals surface area contributed by atoms with Crippen molar-refractivity contribution in [2.45, 2.75) is 41.4 Å². The molecule has 0 aromatic heterocycles. The molecule has 0 saturated heterocycles. The molecule has 0 radical (unpaired) electrons. The number of benzene rings is 1. The summed E-state index contributed by atoms with van der Waals surface area (Å²) < 4.78 is 26.2. The van der Waals surface area contributed by atoms with Crippen LogP contribution < -0.4 is 0 Å². The lowest BCUT2D eigenvalue weighted by atomic mass is 9.61. The van der Waals surface area contributed by atoms with Crippen molar-refractivity contribution in [3.05, 3.63) is 54.1 Å². The fourth-order valence-corrected chi connectivity index (χ4v) is 6.42. The highest BCUT2D eigenvalue weighted by molar-refractivity contribution is 7.92. The molecule has 21 heavy (non-hydrogen) atoms. The molecule has 0 heterocycles. The van der Waals surface area contributed by atoms with Gasteiger partial charge in [0.15, 0.2) is 9.84 Å². The van der Waals surface area contributed by atoms with Crippen molar-refractivity contribution in [3.8, 4) is 0 Å². The molecule has 4 aliphatic rings. The van der Waals surface area contributed by atoms with E-state index in [9.17, 15) is 13.5 Å². The van der Waals surface area contributed by atoms with Gasteiger partial charge in [0.05, 0.1) is 4.90 Å². The lowest BCUT2D eigenvalue weighted by Crippen LogP contribution is -2.56. The second kappa shape index (κ2) is 4.08. The maximum atomic E-state index is 13.1. The SMILES string of the molecule is O=S(=O)(c1ccccc1)C1C2=CCC[C@]23C=C[C@@]1(O)CC3. The van der Waals surface area contributed by atoms with Crippen molar-refractivity contribution >= 4 is 9.84 Å². The number of allylic oxidation sites excluding steroid dienone is 2. The van der Waals surface area contributed by atoms with Crippen LogP contribution in [0.1, 0.15) is 25.7 Å². The summed E-state index contributed by atoms with van der Waals surface area (Å²) in [6, 6.07) is 8.50. The monoisotopic (exact) mass is 302 g/mol. The van der Waals surface area contributed by atoms with E-state index in [4.69, 9.17) is 0 Å². The smallest absolute Gasteiger partial charge is 0.188 e. The third-order valence-electron chi connectivity index (χ3n) is 5.31. The lowest BCUT2D eigenvalue weighted by Gasteiger charge is -2.51. The Morgan fingerprint density at radius 2 is 1.81 bits per heavy atom. The largest absolute Gasteiger partial charge is 0.384 e. The number of hydrogen-bond acceptors (Lipinski definition) is 3. The van der Waals surface area contributed by atoms with E-state index in [0.717, 1.165) is 24.8 Å². The molecule has 1 N–H and O–H groups in total. The third-order valence-corrected chi connectivity index (χ3v) is 7.52. The van der Waals surface area contributed by atoms with Gasteiger partial charge in [-0.25, -0.2) is 8.42 Å². The first-order valence-electron chi connectivity index (χ1n) is 7.40. The highest BCUT2D eigenvalue weighted by Gasteiger charge is 2.59. The van der Waals surface area contributed by atoms with Crippen LogP contribution in [-0.4, -0.2) is 24.4 Å². The van der Waals surface area contributed by atoms with Gasteiger partial charge in [0, 0.05) is 5.41 Å². The molecule has 4 aliphatic carbocycles. The van der Waals surface area contributed by atoms with E-state index in [-0.39, 0.29) is 5.41 Å². The lowest BCUT2D eigenvalue weighted by molar-refractivity contribution is 0.0375. The van der Waals surface area contributed by atoms with Gasteiger partial charge < -0.3 is 5.11 Å². The molecule has 1 aromatic rings. The molecule has 2 bridgehead atoms. The minimum Gasteiger partial charge on any atom is -0.384 e. The zero-order valence-corrected chi connectivity index (χ0v) is 12.5. The third kappa shape index (κ3) is 1.66. The molecule has 3 nitrogen and oxygen atoms in total. The second-order valence-corrected chi connectivity index (χ2v) is 8.45. The first kappa shape index (κ1) is 13.3. The molecule has 1 unspecified atom stereocenters. The van der Waals surface area contributed by atoms with Crippen LogP contribution in [0.25, 0.3) is 0 Å². The summed E-state index contributed by atoms with van der Waals surface area (Å²) in [5.41, 5.74) is -0.466. The van der Waals surface area contributed by atoms with Crippen molar-refractivity contribution < 1.29 is 13.5 Å². The van der Waals surface area contributed by atoms with E-state index in [0.29, 0.717) is 11.3 Å². The van der Waals surface area contributed by atoms with Crippen LogP contribution in [0, 0.1) is 5.41 Å². The van der Waals surface area contributed by atoms with Crippen molar-refractivity contribution in [1.29, 1.82) is 0 Å². The van der Waals surface area contributed by atoms with Crippen molar-refractivity contribution in [1.82, 2.24) is 0 Å². The van der Waals surface area contributed by atoms with Gasteiger partial charge in [0.2, 0.25) is 0 Å². The van der Waals surface area contributed by atoms with Gasteiger partial charge in [-0.05, 0) is 43.4 Å². The minimum absolute atomic E-state index is 0.128.